The van der Waals surface area contributed by atoms with Gasteiger partial charge in [0, 0.05) is 0 Å². The van der Waals surface area contributed by atoms with Gasteiger partial charge in [0.05, 0.1) is 0 Å². The van der Waals surface area contributed by atoms with Gasteiger partial charge in [-0.1, -0.05) is 0 Å². The predicted octanol–water partition coefficient (Wildman–Crippen LogP) is 2.90. The van der Waals surface area contributed by atoms with Crippen LogP contribution in [-0.2, 0) is 9.47 Å². The van der Waals surface area contributed by atoms with Crippen LogP contribution in [0.25, 0.3) is 0 Å². The van der Waals surface area contributed by atoms with Crippen molar-refractivity contribution in [3.05, 3.63) is 0 Å². The summed E-state index contributed by atoms with van der Waals surface area (Å²) in [5, 5.41) is 0. The molecule has 0 spiro atoms. The van der Waals surface area contributed by atoms with Crippen molar-refractivity contribution in [2.75, 3.05) is 18.0 Å². The Morgan fingerprint density at radius 1 is 1.21 bits per heavy atom. The summed E-state index contributed by atoms with van der Waals surface area (Å²) in [6.45, 7) is 5.87. The van der Waals surface area contributed by atoms with Gasteiger partial charge in [-0.3, -0.25) is 0 Å². The van der Waals surface area contributed by atoms with Gasteiger partial charge in [0.1, 0.15) is 0 Å². The van der Waals surface area contributed by atoms with Gasteiger partial charge in [-0.05, 0) is 0 Å². The second kappa shape index (κ2) is 11.8. The molecule has 84 valence electrons. The molecule has 0 heterocycles. The van der Waals surface area contributed by atoms with E-state index < -0.39 is 0 Å². The molecule has 0 aromatic carbocycles. The van der Waals surface area contributed by atoms with Crippen LogP contribution >= 0.6 is 0 Å². The zero-order valence-corrected chi connectivity index (χ0v) is 12.7. The van der Waals surface area contributed by atoms with Gasteiger partial charge in [0.25, 0.3) is 0 Å². The maximum absolute atomic E-state index is 5.49. The van der Waals surface area contributed by atoms with Gasteiger partial charge in [0.15, 0.2) is 0 Å². The molecule has 0 aliphatic heterocycles. The molecule has 0 aromatic rings. The molecular formula is C11H24O2Sn. The van der Waals surface area contributed by atoms with Crippen LogP contribution in [0.3, 0.4) is 0 Å². The Labute approximate surface area is 99.0 Å². The summed E-state index contributed by atoms with van der Waals surface area (Å²) in [7, 11) is 0. The Morgan fingerprint density at radius 2 is 2.00 bits per heavy atom. The van der Waals surface area contributed by atoms with Gasteiger partial charge < -0.3 is 0 Å². The molecule has 0 aromatic heterocycles. The van der Waals surface area contributed by atoms with E-state index >= 15 is 0 Å². The Bertz CT molecular complexity index is 109. The van der Waals surface area contributed by atoms with Crippen LogP contribution in [0.4, 0.5) is 0 Å². The summed E-state index contributed by atoms with van der Waals surface area (Å²) in [4.78, 5) is 2.28. The van der Waals surface area contributed by atoms with Crippen LogP contribution < -0.4 is 0 Å². The van der Waals surface area contributed by atoms with Crippen LogP contribution in [0.15, 0.2) is 0 Å². The fourth-order valence-corrected chi connectivity index (χ4v) is 2.14. The molecule has 0 bridgehead atoms. The SMILES string of the molecule is CCCCC(CC)COCO[CH2][Sn][CH3]. The van der Waals surface area contributed by atoms with Gasteiger partial charge in [-0.2, -0.15) is 0 Å². The van der Waals surface area contributed by atoms with Gasteiger partial charge >= 0.3 is 99.0 Å². The van der Waals surface area contributed by atoms with E-state index in [0.29, 0.717) is 6.79 Å². The van der Waals surface area contributed by atoms with Crippen LogP contribution in [0.1, 0.15) is 39.5 Å². The van der Waals surface area contributed by atoms with E-state index in [1.165, 1.54) is 25.7 Å². The predicted molar refractivity (Wildman–Crippen MR) is 61.7 cm³/mol. The van der Waals surface area contributed by atoms with Crippen LogP contribution in [0, 0.1) is 5.92 Å². The summed E-state index contributed by atoms with van der Waals surface area (Å²) < 4.78 is 11.8. The van der Waals surface area contributed by atoms with E-state index in [-0.39, 0.29) is 21.1 Å². The second-order valence-corrected chi connectivity index (χ2v) is 6.45. The summed E-state index contributed by atoms with van der Waals surface area (Å²) in [5.74, 6) is 0.736. The third kappa shape index (κ3) is 9.28. The number of rotatable bonds is 10. The fraction of sp³-hybridized carbons (Fsp3) is 1.00. The van der Waals surface area contributed by atoms with Crippen molar-refractivity contribution in [1.29, 1.82) is 0 Å². The molecule has 2 nitrogen and oxygen atoms in total. The molecule has 0 saturated carbocycles. The standard InChI is InChI=1S/C10H21O2.CH3.Sn/c1-4-6-7-10(5-2)8-12-9-11-3;;/h10H,3-9H2,1-2H3;1H3;. The maximum atomic E-state index is 5.49. The van der Waals surface area contributed by atoms with E-state index in [1.54, 1.807) is 0 Å². The van der Waals surface area contributed by atoms with Crippen molar-refractivity contribution < 1.29 is 9.47 Å². The summed E-state index contributed by atoms with van der Waals surface area (Å²) in [5.41, 5.74) is 0. The Hall–Kier alpha value is 0.719. The van der Waals surface area contributed by atoms with E-state index in [4.69, 9.17) is 9.47 Å². The molecule has 1 atom stereocenters. The van der Waals surface area contributed by atoms with Crippen molar-refractivity contribution >= 4 is 21.1 Å². The third-order valence-corrected chi connectivity index (χ3v) is 3.72. The van der Waals surface area contributed by atoms with Crippen molar-refractivity contribution in [3.8, 4) is 0 Å². The van der Waals surface area contributed by atoms with E-state index in [9.17, 15) is 0 Å². The zero-order chi connectivity index (χ0) is 10.6. The Balaban J connectivity index is 3.24. The monoisotopic (exact) mass is 308 g/mol. The minimum atomic E-state index is -0.183. The summed E-state index contributed by atoms with van der Waals surface area (Å²) in [6.07, 6.45) is 5.14. The molecule has 0 amide bonds. The number of hydrogen-bond donors (Lipinski definition) is 0. The first-order valence-electron chi connectivity index (χ1n) is 5.65. The second-order valence-electron chi connectivity index (χ2n) is 3.61. The third-order valence-electron chi connectivity index (χ3n) is 2.31. The molecular weight excluding hydrogens is 283 g/mol. The molecule has 0 rings (SSSR count). The average Bonchev–Trinajstić information content (AvgIpc) is 2.22. The van der Waals surface area contributed by atoms with Crippen molar-refractivity contribution in [1.82, 2.24) is 0 Å². The topological polar surface area (TPSA) is 18.5 Å². The van der Waals surface area contributed by atoms with Gasteiger partial charge in [0.2, 0.25) is 0 Å². The average molecular weight is 307 g/mol. The molecule has 0 N–H and O–H groups in total. The summed E-state index contributed by atoms with van der Waals surface area (Å²) >= 11 is -0.183. The first-order valence-corrected chi connectivity index (χ1v) is 10.5. The molecule has 1 unspecified atom stereocenters. The number of hydrogen-bond acceptors (Lipinski definition) is 2. The Kier molecular flexibility index (Phi) is 12.4. The summed E-state index contributed by atoms with van der Waals surface area (Å²) in [6, 6.07) is 0. The van der Waals surface area contributed by atoms with E-state index in [1.807, 2.05) is 0 Å². The van der Waals surface area contributed by atoms with Crippen molar-refractivity contribution in [2.45, 2.75) is 44.5 Å². The first kappa shape index (κ1) is 14.7. The number of unbranched alkanes of at least 4 members (excludes halogenated alkanes) is 1. The Morgan fingerprint density at radius 3 is 2.57 bits per heavy atom. The first-order chi connectivity index (χ1) is 6.85. The van der Waals surface area contributed by atoms with Crippen LogP contribution in [0.5, 0.6) is 0 Å². The van der Waals surface area contributed by atoms with Gasteiger partial charge in [-0.15, -0.1) is 0 Å². The van der Waals surface area contributed by atoms with Crippen molar-refractivity contribution in [2.24, 2.45) is 5.92 Å². The van der Waals surface area contributed by atoms with Crippen molar-refractivity contribution in [3.63, 3.8) is 0 Å². The zero-order valence-electron chi connectivity index (χ0n) is 9.84. The van der Waals surface area contributed by atoms with Crippen LogP contribution in [-0.4, -0.2) is 39.2 Å². The van der Waals surface area contributed by atoms with Crippen LogP contribution in [0.2, 0.25) is 4.94 Å². The molecule has 0 fully saturated rings. The van der Waals surface area contributed by atoms with E-state index in [0.717, 1.165) is 17.1 Å². The molecule has 3 heteroatoms. The number of ether oxygens (including phenoxy) is 2. The fourth-order valence-electron chi connectivity index (χ4n) is 1.32. The quantitative estimate of drug-likeness (QED) is 0.351. The minimum absolute atomic E-state index is 0.183. The normalized spacial score (nSPS) is 13.1. The molecule has 0 saturated heterocycles. The molecule has 0 aliphatic rings. The van der Waals surface area contributed by atoms with E-state index in [2.05, 4.69) is 18.8 Å². The molecule has 14 heavy (non-hydrogen) atoms. The molecule has 0 aliphatic carbocycles. The molecule has 2 radical (unpaired) electrons. The van der Waals surface area contributed by atoms with Gasteiger partial charge in [-0.25, -0.2) is 0 Å².